The lowest BCUT2D eigenvalue weighted by molar-refractivity contribution is 0.616. The molecule has 4 heteroatoms. The summed E-state index contributed by atoms with van der Waals surface area (Å²) >= 11 is 14.2. The van der Waals surface area contributed by atoms with Crippen LogP contribution in [0.3, 0.4) is 0 Å². The summed E-state index contributed by atoms with van der Waals surface area (Å²) < 4.78 is 0. The third-order valence-corrected chi connectivity index (χ3v) is 5.07. The van der Waals surface area contributed by atoms with Crippen LogP contribution >= 0.6 is 35.0 Å². The van der Waals surface area contributed by atoms with Gasteiger partial charge in [-0.25, -0.2) is 0 Å². The van der Waals surface area contributed by atoms with E-state index in [1.54, 1.807) is 0 Å². The van der Waals surface area contributed by atoms with Gasteiger partial charge in [0.05, 0.1) is 10.0 Å². The van der Waals surface area contributed by atoms with Crippen LogP contribution in [0.5, 0.6) is 0 Å². The second kappa shape index (κ2) is 8.31. The highest BCUT2D eigenvalue weighted by atomic mass is 35.5. The molecule has 1 aromatic rings. The number of halogens is 2. The van der Waals surface area contributed by atoms with Gasteiger partial charge in [-0.2, -0.15) is 11.8 Å². The number of benzene rings is 1. The number of hydrogen-bond acceptors (Lipinski definition) is 2. The molecule has 0 spiro atoms. The Morgan fingerprint density at radius 1 is 1.22 bits per heavy atom. The first-order valence-corrected chi connectivity index (χ1v) is 8.13. The van der Waals surface area contributed by atoms with E-state index in [0.717, 1.165) is 23.7 Å². The molecule has 0 aromatic heterocycles. The quantitative estimate of drug-likeness (QED) is 0.795. The van der Waals surface area contributed by atoms with E-state index in [-0.39, 0.29) is 0 Å². The standard InChI is InChI=1S/C14H21Cl2NS/c1-10(2)8-18-9-12(17-3)7-11-5-4-6-13(15)14(11)16/h4-6,10,12,17H,7-9H2,1-3H3. The Hall–Kier alpha value is 0.110. The SMILES string of the molecule is CNC(CSCC(C)C)Cc1cccc(Cl)c1Cl. The Labute approximate surface area is 125 Å². The van der Waals surface area contributed by atoms with Gasteiger partial charge < -0.3 is 5.32 Å². The monoisotopic (exact) mass is 305 g/mol. The Balaban J connectivity index is 2.54. The second-order valence-electron chi connectivity index (χ2n) is 4.83. The first-order valence-electron chi connectivity index (χ1n) is 6.22. The van der Waals surface area contributed by atoms with E-state index in [0.29, 0.717) is 16.1 Å². The average molecular weight is 306 g/mol. The van der Waals surface area contributed by atoms with E-state index in [4.69, 9.17) is 23.2 Å². The van der Waals surface area contributed by atoms with Gasteiger partial charge >= 0.3 is 0 Å². The van der Waals surface area contributed by atoms with Crippen molar-refractivity contribution in [2.24, 2.45) is 5.92 Å². The van der Waals surface area contributed by atoms with Gasteiger partial charge in [0.1, 0.15) is 0 Å². The van der Waals surface area contributed by atoms with Gasteiger partial charge in [0.15, 0.2) is 0 Å². The Kier molecular flexibility index (Phi) is 7.47. The largest absolute Gasteiger partial charge is 0.316 e. The average Bonchev–Trinajstić information content (AvgIpc) is 2.33. The molecule has 102 valence electrons. The number of rotatable bonds is 7. The second-order valence-corrected chi connectivity index (χ2v) is 6.69. The van der Waals surface area contributed by atoms with Gasteiger partial charge in [0.25, 0.3) is 0 Å². The molecular formula is C14H21Cl2NS. The van der Waals surface area contributed by atoms with Gasteiger partial charge in [-0.15, -0.1) is 0 Å². The van der Waals surface area contributed by atoms with Crippen molar-refractivity contribution in [3.05, 3.63) is 33.8 Å². The molecular weight excluding hydrogens is 285 g/mol. The van der Waals surface area contributed by atoms with Crippen molar-refractivity contribution < 1.29 is 0 Å². The minimum Gasteiger partial charge on any atom is -0.316 e. The van der Waals surface area contributed by atoms with Crippen molar-refractivity contribution in [2.75, 3.05) is 18.6 Å². The Morgan fingerprint density at radius 3 is 2.56 bits per heavy atom. The number of nitrogens with one attached hydrogen (secondary N) is 1. The molecule has 0 saturated heterocycles. The summed E-state index contributed by atoms with van der Waals surface area (Å²) in [6, 6.07) is 6.27. The molecule has 0 saturated carbocycles. The van der Waals surface area contributed by atoms with Crippen LogP contribution < -0.4 is 5.32 Å². The maximum atomic E-state index is 6.21. The minimum atomic E-state index is 0.435. The fraction of sp³-hybridized carbons (Fsp3) is 0.571. The lowest BCUT2D eigenvalue weighted by Crippen LogP contribution is -2.30. The zero-order chi connectivity index (χ0) is 13.5. The molecule has 0 aliphatic carbocycles. The van der Waals surface area contributed by atoms with Crippen molar-refractivity contribution in [2.45, 2.75) is 26.3 Å². The van der Waals surface area contributed by atoms with Gasteiger partial charge in [-0.05, 0) is 36.8 Å². The lowest BCUT2D eigenvalue weighted by atomic mass is 10.1. The zero-order valence-electron chi connectivity index (χ0n) is 11.2. The summed E-state index contributed by atoms with van der Waals surface area (Å²) in [4.78, 5) is 0. The maximum absolute atomic E-state index is 6.21. The molecule has 18 heavy (non-hydrogen) atoms. The topological polar surface area (TPSA) is 12.0 Å². The van der Waals surface area contributed by atoms with Crippen LogP contribution in [0.2, 0.25) is 10.0 Å². The molecule has 1 rings (SSSR count). The summed E-state index contributed by atoms with van der Waals surface area (Å²) in [6.45, 7) is 4.49. The lowest BCUT2D eigenvalue weighted by Gasteiger charge is -2.17. The van der Waals surface area contributed by atoms with E-state index >= 15 is 0 Å². The summed E-state index contributed by atoms with van der Waals surface area (Å²) in [5.41, 5.74) is 1.12. The molecule has 1 aromatic carbocycles. The third-order valence-electron chi connectivity index (χ3n) is 2.68. The third kappa shape index (κ3) is 5.40. The molecule has 0 radical (unpaired) electrons. The molecule has 1 nitrogen and oxygen atoms in total. The fourth-order valence-electron chi connectivity index (χ4n) is 1.66. The van der Waals surface area contributed by atoms with Crippen LogP contribution in [0.15, 0.2) is 18.2 Å². The van der Waals surface area contributed by atoms with E-state index in [9.17, 15) is 0 Å². The zero-order valence-corrected chi connectivity index (χ0v) is 13.5. The Bertz CT molecular complexity index is 369. The number of hydrogen-bond donors (Lipinski definition) is 1. The molecule has 0 fully saturated rings. The smallest absolute Gasteiger partial charge is 0.0624 e. The van der Waals surface area contributed by atoms with Crippen LogP contribution in [0, 0.1) is 5.92 Å². The summed E-state index contributed by atoms with van der Waals surface area (Å²) in [6.07, 6.45) is 0.918. The van der Waals surface area contributed by atoms with E-state index in [1.165, 1.54) is 5.75 Å². The molecule has 1 unspecified atom stereocenters. The van der Waals surface area contributed by atoms with Crippen molar-refractivity contribution >= 4 is 35.0 Å². The summed E-state index contributed by atoms with van der Waals surface area (Å²) in [7, 11) is 2.00. The normalized spacial score (nSPS) is 13.0. The van der Waals surface area contributed by atoms with Crippen molar-refractivity contribution in [1.82, 2.24) is 5.32 Å². The maximum Gasteiger partial charge on any atom is 0.0624 e. The summed E-state index contributed by atoms with van der Waals surface area (Å²) in [5, 5.41) is 4.67. The van der Waals surface area contributed by atoms with E-state index in [1.807, 2.05) is 37.0 Å². The fourth-order valence-corrected chi connectivity index (χ4v) is 3.24. The van der Waals surface area contributed by atoms with Gasteiger partial charge in [0, 0.05) is 11.8 Å². The summed E-state index contributed by atoms with van der Waals surface area (Å²) in [5.74, 6) is 3.03. The van der Waals surface area contributed by atoms with E-state index in [2.05, 4.69) is 19.2 Å². The molecule has 0 amide bonds. The van der Waals surface area contributed by atoms with Gasteiger partial charge in [0.2, 0.25) is 0 Å². The first-order chi connectivity index (χ1) is 8.54. The van der Waals surface area contributed by atoms with E-state index < -0.39 is 0 Å². The molecule has 1 atom stereocenters. The highest BCUT2D eigenvalue weighted by molar-refractivity contribution is 7.99. The van der Waals surface area contributed by atoms with Crippen LogP contribution in [0.25, 0.3) is 0 Å². The Morgan fingerprint density at radius 2 is 1.94 bits per heavy atom. The van der Waals surface area contributed by atoms with Crippen LogP contribution in [0.4, 0.5) is 0 Å². The molecule has 0 aliphatic heterocycles. The van der Waals surface area contributed by atoms with Gasteiger partial charge in [-0.3, -0.25) is 0 Å². The predicted molar refractivity (Wildman–Crippen MR) is 85.2 cm³/mol. The highest BCUT2D eigenvalue weighted by Gasteiger charge is 2.11. The minimum absolute atomic E-state index is 0.435. The van der Waals surface area contributed by atoms with Crippen molar-refractivity contribution in [3.63, 3.8) is 0 Å². The van der Waals surface area contributed by atoms with Crippen LogP contribution in [0.1, 0.15) is 19.4 Å². The van der Waals surface area contributed by atoms with Crippen molar-refractivity contribution in [3.8, 4) is 0 Å². The molecule has 0 heterocycles. The van der Waals surface area contributed by atoms with Crippen LogP contribution in [-0.4, -0.2) is 24.6 Å². The van der Waals surface area contributed by atoms with Crippen LogP contribution in [-0.2, 0) is 6.42 Å². The van der Waals surface area contributed by atoms with Gasteiger partial charge in [-0.1, -0.05) is 49.2 Å². The number of thioether (sulfide) groups is 1. The molecule has 0 bridgehead atoms. The first kappa shape index (κ1) is 16.2. The molecule has 1 N–H and O–H groups in total. The number of likely N-dealkylation sites (N-methyl/N-ethyl adjacent to an activating group) is 1. The van der Waals surface area contributed by atoms with Crippen molar-refractivity contribution in [1.29, 1.82) is 0 Å². The predicted octanol–water partition coefficient (Wildman–Crippen LogP) is 4.51. The molecule has 0 aliphatic rings. The highest BCUT2D eigenvalue weighted by Crippen LogP contribution is 2.26.